The molecule has 1 aromatic rings. The largest absolute Gasteiger partial charge is 0.393 e. The van der Waals surface area contributed by atoms with Crippen LogP contribution in [-0.2, 0) is 6.42 Å². The lowest BCUT2D eigenvalue weighted by Crippen LogP contribution is -2.09. The lowest BCUT2D eigenvalue weighted by molar-refractivity contribution is 0.169. The molecule has 0 aliphatic carbocycles. The average molecular weight is 152 g/mol. The SMILES string of the molecule is CCC(O)Cc1cnccn1. The van der Waals surface area contributed by atoms with Gasteiger partial charge in [-0.2, -0.15) is 0 Å². The van der Waals surface area contributed by atoms with Gasteiger partial charge in [0.25, 0.3) is 0 Å². The topological polar surface area (TPSA) is 46.0 Å². The maximum atomic E-state index is 9.24. The average Bonchev–Trinajstić information content (AvgIpc) is 2.06. The first-order chi connectivity index (χ1) is 5.33. The zero-order chi connectivity index (χ0) is 8.10. The number of hydrogen-bond acceptors (Lipinski definition) is 3. The summed E-state index contributed by atoms with van der Waals surface area (Å²) < 4.78 is 0. The van der Waals surface area contributed by atoms with Gasteiger partial charge >= 0.3 is 0 Å². The summed E-state index contributed by atoms with van der Waals surface area (Å²) in [6.07, 6.45) is 6.02. The fraction of sp³-hybridized carbons (Fsp3) is 0.500. The molecule has 60 valence electrons. The van der Waals surface area contributed by atoms with Gasteiger partial charge in [0.1, 0.15) is 0 Å². The normalized spacial score (nSPS) is 12.9. The minimum atomic E-state index is -0.285. The molecule has 0 aliphatic rings. The molecular weight excluding hydrogens is 140 g/mol. The second kappa shape index (κ2) is 4.03. The Bertz CT molecular complexity index is 201. The first-order valence-corrected chi connectivity index (χ1v) is 3.76. The maximum absolute atomic E-state index is 9.24. The Morgan fingerprint density at radius 3 is 2.91 bits per heavy atom. The monoisotopic (exact) mass is 152 g/mol. The van der Waals surface area contributed by atoms with E-state index in [1.165, 1.54) is 0 Å². The second-order valence-electron chi connectivity index (χ2n) is 2.46. The number of aromatic nitrogens is 2. The van der Waals surface area contributed by atoms with Crippen LogP contribution in [0.4, 0.5) is 0 Å². The molecule has 0 saturated heterocycles. The molecule has 0 aromatic carbocycles. The molecular formula is C8H12N2O. The molecule has 0 saturated carbocycles. The van der Waals surface area contributed by atoms with Crippen LogP contribution in [0, 0.1) is 0 Å². The number of aliphatic hydroxyl groups is 1. The second-order valence-corrected chi connectivity index (χ2v) is 2.46. The molecule has 1 unspecified atom stereocenters. The van der Waals surface area contributed by atoms with Gasteiger partial charge in [-0.1, -0.05) is 6.92 Å². The summed E-state index contributed by atoms with van der Waals surface area (Å²) in [4.78, 5) is 7.94. The van der Waals surface area contributed by atoms with Crippen LogP contribution < -0.4 is 0 Å². The van der Waals surface area contributed by atoms with Gasteiger partial charge in [-0.15, -0.1) is 0 Å². The number of nitrogens with zero attached hydrogens (tertiary/aromatic N) is 2. The third-order valence-corrected chi connectivity index (χ3v) is 1.53. The van der Waals surface area contributed by atoms with Crippen molar-refractivity contribution in [2.45, 2.75) is 25.9 Å². The molecule has 1 N–H and O–H groups in total. The fourth-order valence-electron chi connectivity index (χ4n) is 0.821. The lowest BCUT2D eigenvalue weighted by atomic mass is 10.1. The summed E-state index contributed by atoms with van der Waals surface area (Å²) in [6.45, 7) is 1.95. The van der Waals surface area contributed by atoms with Crippen molar-refractivity contribution in [1.82, 2.24) is 9.97 Å². The number of hydrogen-bond donors (Lipinski definition) is 1. The van der Waals surface area contributed by atoms with E-state index in [-0.39, 0.29) is 6.10 Å². The summed E-state index contributed by atoms with van der Waals surface area (Å²) in [5.74, 6) is 0. The molecule has 0 radical (unpaired) electrons. The third kappa shape index (κ3) is 2.63. The Balaban J connectivity index is 2.51. The Kier molecular flexibility index (Phi) is 2.98. The Labute approximate surface area is 66.1 Å². The highest BCUT2D eigenvalue weighted by molar-refractivity contribution is 4.95. The van der Waals surface area contributed by atoms with Crippen molar-refractivity contribution in [2.75, 3.05) is 0 Å². The molecule has 0 fully saturated rings. The molecule has 1 atom stereocenters. The zero-order valence-electron chi connectivity index (χ0n) is 6.57. The molecule has 3 heteroatoms. The van der Waals surface area contributed by atoms with Gasteiger partial charge in [0.05, 0.1) is 11.8 Å². The predicted molar refractivity (Wildman–Crippen MR) is 42.0 cm³/mol. The summed E-state index contributed by atoms with van der Waals surface area (Å²) in [6, 6.07) is 0. The smallest absolute Gasteiger partial charge is 0.0612 e. The standard InChI is InChI=1S/C8H12N2O/c1-2-8(11)5-7-6-9-3-4-10-7/h3-4,6,8,11H,2,5H2,1H3. The minimum Gasteiger partial charge on any atom is -0.393 e. The van der Waals surface area contributed by atoms with Gasteiger partial charge in [-0.3, -0.25) is 9.97 Å². The molecule has 0 amide bonds. The Hall–Kier alpha value is -0.960. The molecule has 0 bridgehead atoms. The van der Waals surface area contributed by atoms with E-state index in [0.717, 1.165) is 12.1 Å². The molecule has 0 aliphatic heterocycles. The number of rotatable bonds is 3. The molecule has 3 nitrogen and oxygen atoms in total. The van der Waals surface area contributed by atoms with Crippen molar-refractivity contribution in [2.24, 2.45) is 0 Å². The first kappa shape index (κ1) is 8.14. The van der Waals surface area contributed by atoms with Crippen molar-refractivity contribution in [3.63, 3.8) is 0 Å². The quantitative estimate of drug-likeness (QED) is 0.696. The van der Waals surface area contributed by atoms with Crippen LogP contribution in [0.2, 0.25) is 0 Å². The van der Waals surface area contributed by atoms with E-state index >= 15 is 0 Å². The van der Waals surface area contributed by atoms with E-state index in [2.05, 4.69) is 9.97 Å². The third-order valence-electron chi connectivity index (χ3n) is 1.53. The molecule has 1 rings (SSSR count). The van der Waals surface area contributed by atoms with Crippen molar-refractivity contribution in [3.05, 3.63) is 24.3 Å². The van der Waals surface area contributed by atoms with Crippen molar-refractivity contribution >= 4 is 0 Å². The van der Waals surface area contributed by atoms with Gasteiger partial charge in [-0.25, -0.2) is 0 Å². The lowest BCUT2D eigenvalue weighted by Gasteiger charge is -2.04. The van der Waals surface area contributed by atoms with E-state index in [1.807, 2.05) is 6.92 Å². The molecule has 1 aromatic heterocycles. The van der Waals surface area contributed by atoms with Crippen LogP contribution in [0.15, 0.2) is 18.6 Å². The Morgan fingerprint density at radius 1 is 1.55 bits per heavy atom. The summed E-state index contributed by atoms with van der Waals surface area (Å²) >= 11 is 0. The minimum absolute atomic E-state index is 0.285. The van der Waals surface area contributed by atoms with E-state index in [0.29, 0.717) is 6.42 Å². The number of aliphatic hydroxyl groups excluding tert-OH is 1. The van der Waals surface area contributed by atoms with Crippen LogP contribution in [0.3, 0.4) is 0 Å². The van der Waals surface area contributed by atoms with E-state index in [9.17, 15) is 5.11 Å². The summed E-state index contributed by atoms with van der Waals surface area (Å²) in [7, 11) is 0. The van der Waals surface area contributed by atoms with Crippen LogP contribution in [0.25, 0.3) is 0 Å². The van der Waals surface area contributed by atoms with Gasteiger partial charge in [0.2, 0.25) is 0 Å². The highest BCUT2D eigenvalue weighted by Gasteiger charge is 2.02. The zero-order valence-corrected chi connectivity index (χ0v) is 6.57. The first-order valence-electron chi connectivity index (χ1n) is 3.76. The van der Waals surface area contributed by atoms with Crippen molar-refractivity contribution < 1.29 is 5.11 Å². The van der Waals surface area contributed by atoms with Crippen LogP contribution >= 0.6 is 0 Å². The van der Waals surface area contributed by atoms with Gasteiger partial charge in [0, 0.05) is 25.0 Å². The predicted octanol–water partition coefficient (Wildman–Crippen LogP) is 0.790. The van der Waals surface area contributed by atoms with Crippen LogP contribution in [-0.4, -0.2) is 21.2 Å². The van der Waals surface area contributed by atoms with Gasteiger partial charge < -0.3 is 5.11 Å². The van der Waals surface area contributed by atoms with Crippen molar-refractivity contribution in [3.8, 4) is 0 Å². The van der Waals surface area contributed by atoms with Gasteiger partial charge in [-0.05, 0) is 6.42 Å². The highest BCUT2D eigenvalue weighted by Crippen LogP contribution is 1.99. The summed E-state index contributed by atoms with van der Waals surface area (Å²) in [5.41, 5.74) is 0.849. The van der Waals surface area contributed by atoms with E-state index < -0.39 is 0 Å². The van der Waals surface area contributed by atoms with Gasteiger partial charge in [0.15, 0.2) is 0 Å². The summed E-state index contributed by atoms with van der Waals surface area (Å²) in [5, 5.41) is 9.24. The van der Waals surface area contributed by atoms with Crippen LogP contribution in [0.5, 0.6) is 0 Å². The maximum Gasteiger partial charge on any atom is 0.0612 e. The molecule has 0 spiro atoms. The van der Waals surface area contributed by atoms with E-state index in [1.54, 1.807) is 18.6 Å². The fourth-order valence-corrected chi connectivity index (χ4v) is 0.821. The highest BCUT2D eigenvalue weighted by atomic mass is 16.3. The molecule has 11 heavy (non-hydrogen) atoms. The van der Waals surface area contributed by atoms with Crippen LogP contribution in [0.1, 0.15) is 19.0 Å². The Morgan fingerprint density at radius 2 is 2.36 bits per heavy atom. The van der Waals surface area contributed by atoms with E-state index in [4.69, 9.17) is 0 Å². The van der Waals surface area contributed by atoms with Crippen molar-refractivity contribution in [1.29, 1.82) is 0 Å². The molecule has 1 heterocycles.